The zero-order valence-electron chi connectivity index (χ0n) is 13.1. The maximum Gasteiger partial charge on any atom is 0.146 e. The van der Waals surface area contributed by atoms with Crippen LogP contribution in [-0.4, -0.2) is 38.2 Å². The topological polar surface area (TPSA) is 15.7 Å². The van der Waals surface area contributed by atoms with Crippen LogP contribution in [0.4, 0.5) is 10.1 Å². The fraction of sp³-hybridized carbons (Fsp3) is 0.333. The zero-order chi connectivity index (χ0) is 16.2. The van der Waals surface area contributed by atoms with E-state index in [0.29, 0.717) is 5.69 Å². The second-order valence-electron chi connectivity index (χ2n) is 5.67. The van der Waals surface area contributed by atoms with E-state index in [2.05, 4.69) is 31.8 Å². The van der Waals surface area contributed by atoms with Crippen molar-refractivity contribution in [1.29, 1.82) is 0 Å². The van der Waals surface area contributed by atoms with E-state index in [9.17, 15) is 4.39 Å². The molecule has 0 unspecified atom stereocenters. The van der Waals surface area contributed by atoms with Crippen molar-refractivity contribution in [3.05, 3.63) is 58.3 Å². The molecule has 1 heterocycles. The summed E-state index contributed by atoms with van der Waals surface area (Å²) in [7, 11) is 1.70. The molecule has 3 nitrogen and oxygen atoms in total. The van der Waals surface area contributed by atoms with E-state index >= 15 is 0 Å². The summed E-state index contributed by atoms with van der Waals surface area (Å²) in [5.74, 6) is 0.763. The van der Waals surface area contributed by atoms with E-state index in [1.165, 1.54) is 11.6 Å². The Bertz CT molecular complexity index is 672. The van der Waals surface area contributed by atoms with E-state index in [4.69, 9.17) is 4.74 Å². The Morgan fingerprint density at radius 3 is 2.52 bits per heavy atom. The summed E-state index contributed by atoms with van der Waals surface area (Å²) in [4.78, 5) is 4.49. The standard InChI is InChI=1S/C18H20BrFN2O/c1-23-18-7-6-15(19)12-14(18)13-21-8-10-22(11-9-21)17-5-3-2-4-16(17)20/h2-7,12H,8-11,13H2,1H3. The Balaban J connectivity index is 1.64. The molecule has 2 aromatic rings. The quantitative estimate of drug-likeness (QED) is 0.801. The van der Waals surface area contributed by atoms with Crippen LogP contribution < -0.4 is 9.64 Å². The van der Waals surface area contributed by atoms with Crippen molar-refractivity contribution in [2.24, 2.45) is 0 Å². The second kappa shape index (κ2) is 7.32. The Kier molecular flexibility index (Phi) is 5.18. The molecule has 0 spiro atoms. The largest absolute Gasteiger partial charge is 0.496 e. The molecule has 0 aromatic heterocycles. The number of piperazine rings is 1. The first kappa shape index (κ1) is 16.3. The van der Waals surface area contributed by atoms with E-state index < -0.39 is 0 Å². The summed E-state index contributed by atoms with van der Waals surface area (Å²) in [6.07, 6.45) is 0. The van der Waals surface area contributed by atoms with Crippen molar-refractivity contribution in [2.45, 2.75) is 6.54 Å². The Hall–Kier alpha value is -1.59. The van der Waals surface area contributed by atoms with Crippen LogP contribution in [0.25, 0.3) is 0 Å². The van der Waals surface area contributed by atoms with Crippen LogP contribution in [-0.2, 0) is 6.54 Å². The monoisotopic (exact) mass is 378 g/mol. The van der Waals surface area contributed by atoms with Gasteiger partial charge in [0.1, 0.15) is 11.6 Å². The van der Waals surface area contributed by atoms with Crippen molar-refractivity contribution < 1.29 is 9.13 Å². The molecule has 1 saturated heterocycles. The molecule has 23 heavy (non-hydrogen) atoms. The van der Waals surface area contributed by atoms with Crippen LogP contribution in [0.2, 0.25) is 0 Å². The van der Waals surface area contributed by atoms with Crippen LogP contribution in [0.1, 0.15) is 5.56 Å². The second-order valence-corrected chi connectivity index (χ2v) is 6.59. The molecule has 0 radical (unpaired) electrons. The van der Waals surface area contributed by atoms with Gasteiger partial charge < -0.3 is 9.64 Å². The third-order valence-corrected chi connectivity index (χ3v) is 4.70. The molecule has 0 atom stereocenters. The van der Waals surface area contributed by atoms with Gasteiger partial charge in [0.2, 0.25) is 0 Å². The maximum atomic E-state index is 13.9. The predicted octanol–water partition coefficient (Wildman–Crippen LogP) is 3.92. The molecule has 0 saturated carbocycles. The van der Waals surface area contributed by atoms with Crippen molar-refractivity contribution >= 4 is 21.6 Å². The Morgan fingerprint density at radius 2 is 1.83 bits per heavy atom. The SMILES string of the molecule is COc1ccc(Br)cc1CN1CCN(c2ccccc2F)CC1. The highest BCUT2D eigenvalue weighted by Gasteiger charge is 2.20. The molecular weight excluding hydrogens is 359 g/mol. The first-order chi connectivity index (χ1) is 11.2. The van der Waals surface area contributed by atoms with Crippen molar-refractivity contribution in [3.63, 3.8) is 0 Å². The van der Waals surface area contributed by atoms with Gasteiger partial charge in [-0.05, 0) is 30.3 Å². The summed E-state index contributed by atoms with van der Waals surface area (Å²) in [6, 6.07) is 13.1. The molecule has 0 N–H and O–H groups in total. The van der Waals surface area contributed by atoms with Gasteiger partial charge in [0.05, 0.1) is 12.8 Å². The number of hydrogen-bond donors (Lipinski definition) is 0. The molecule has 3 rings (SSSR count). The fourth-order valence-corrected chi connectivity index (χ4v) is 3.38. The molecule has 0 amide bonds. The molecule has 1 aliphatic rings. The number of rotatable bonds is 4. The van der Waals surface area contributed by atoms with Gasteiger partial charge in [-0.1, -0.05) is 28.1 Å². The summed E-state index contributed by atoms with van der Waals surface area (Å²) < 4.78 is 20.4. The smallest absolute Gasteiger partial charge is 0.146 e. The summed E-state index contributed by atoms with van der Waals surface area (Å²) in [5, 5.41) is 0. The minimum atomic E-state index is -0.144. The molecule has 2 aromatic carbocycles. The van der Waals surface area contributed by atoms with Gasteiger partial charge >= 0.3 is 0 Å². The molecule has 0 aliphatic carbocycles. The number of ether oxygens (including phenoxy) is 1. The van der Waals surface area contributed by atoms with Crippen LogP contribution in [0, 0.1) is 5.82 Å². The van der Waals surface area contributed by atoms with Crippen LogP contribution >= 0.6 is 15.9 Å². The highest BCUT2D eigenvalue weighted by Crippen LogP contribution is 2.26. The zero-order valence-corrected chi connectivity index (χ0v) is 14.7. The average Bonchev–Trinajstić information content (AvgIpc) is 2.56. The van der Waals surface area contributed by atoms with Crippen molar-refractivity contribution in [2.75, 3.05) is 38.2 Å². The van der Waals surface area contributed by atoms with Crippen LogP contribution in [0.5, 0.6) is 5.75 Å². The average molecular weight is 379 g/mol. The van der Waals surface area contributed by atoms with Crippen LogP contribution in [0.3, 0.4) is 0 Å². The van der Waals surface area contributed by atoms with E-state index in [-0.39, 0.29) is 5.82 Å². The Labute approximate surface area is 144 Å². The summed E-state index contributed by atoms with van der Waals surface area (Å²) in [6.45, 7) is 4.32. The van der Waals surface area contributed by atoms with Gasteiger partial charge in [-0.3, -0.25) is 4.90 Å². The van der Waals surface area contributed by atoms with Gasteiger partial charge in [0.15, 0.2) is 0 Å². The van der Waals surface area contributed by atoms with Gasteiger partial charge in [0.25, 0.3) is 0 Å². The third kappa shape index (κ3) is 3.85. The third-order valence-electron chi connectivity index (χ3n) is 4.20. The number of anilines is 1. The number of benzene rings is 2. The maximum absolute atomic E-state index is 13.9. The minimum absolute atomic E-state index is 0.144. The molecule has 5 heteroatoms. The van der Waals surface area contributed by atoms with Crippen LogP contribution in [0.15, 0.2) is 46.9 Å². The Morgan fingerprint density at radius 1 is 1.09 bits per heavy atom. The first-order valence-corrected chi connectivity index (χ1v) is 8.51. The number of methoxy groups -OCH3 is 1. The van der Waals surface area contributed by atoms with E-state index in [1.807, 2.05) is 24.3 Å². The fourth-order valence-electron chi connectivity index (χ4n) is 2.97. The molecule has 1 aliphatic heterocycles. The summed E-state index contributed by atoms with van der Waals surface area (Å²) in [5.41, 5.74) is 1.87. The number of nitrogens with zero attached hydrogens (tertiary/aromatic N) is 2. The first-order valence-electron chi connectivity index (χ1n) is 7.71. The van der Waals surface area contributed by atoms with Crippen molar-refractivity contribution in [1.82, 2.24) is 4.90 Å². The lowest BCUT2D eigenvalue weighted by molar-refractivity contribution is 0.245. The highest BCUT2D eigenvalue weighted by atomic mass is 79.9. The summed E-state index contributed by atoms with van der Waals surface area (Å²) >= 11 is 3.51. The molecular formula is C18H20BrFN2O. The van der Waals surface area contributed by atoms with Gasteiger partial charge in [-0.25, -0.2) is 4.39 Å². The molecule has 122 valence electrons. The van der Waals surface area contributed by atoms with E-state index in [1.54, 1.807) is 13.2 Å². The van der Waals surface area contributed by atoms with Gasteiger partial charge in [-0.2, -0.15) is 0 Å². The lowest BCUT2D eigenvalue weighted by Gasteiger charge is -2.36. The lowest BCUT2D eigenvalue weighted by Crippen LogP contribution is -2.46. The molecule has 1 fully saturated rings. The van der Waals surface area contributed by atoms with Gasteiger partial charge in [0, 0.05) is 42.8 Å². The number of para-hydroxylation sites is 1. The van der Waals surface area contributed by atoms with E-state index in [0.717, 1.165) is 42.9 Å². The van der Waals surface area contributed by atoms with Crippen molar-refractivity contribution in [3.8, 4) is 5.75 Å². The highest BCUT2D eigenvalue weighted by molar-refractivity contribution is 9.10. The minimum Gasteiger partial charge on any atom is -0.496 e. The predicted molar refractivity (Wildman–Crippen MR) is 94.6 cm³/mol. The number of halogens is 2. The molecule has 0 bridgehead atoms. The lowest BCUT2D eigenvalue weighted by atomic mass is 10.1. The normalized spacial score (nSPS) is 15.7. The number of hydrogen-bond acceptors (Lipinski definition) is 3. The van der Waals surface area contributed by atoms with Gasteiger partial charge in [-0.15, -0.1) is 0 Å².